The van der Waals surface area contributed by atoms with Gasteiger partial charge in [0.1, 0.15) is 59.6 Å². The Morgan fingerprint density at radius 2 is 1.40 bits per heavy atom. The van der Waals surface area contributed by atoms with E-state index in [-0.39, 0.29) is 11.3 Å². The molecule has 16 nitrogen and oxygen atoms in total. The zero-order valence-electron chi connectivity index (χ0n) is 22.3. The number of benzene rings is 2. The first-order valence-corrected chi connectivity index (χ1v) is 13.0. The lowest BCUT2D eigenvalue weighted by Gasteiger charge is -2.40. The molecule has 3 heterocycles. The number of phenolic OH excluding ortho intramolecular Hbond substituents is 2. The van der Waals surface area contributed by atoms with E-state index in [0.717, 1.165) is 6.07 Å². The van der Waals surface area contributed by atoms with E-state index >= 15 is 0 Å². The van der Waals surface area contributed by atoms with Gasteiger partial charge in [-0.2, -0.15) is 0 Å². The fourth-order valence-corrected chi connectivity index (χ4v) is 4.82. The van der Waals surface area contributed by atoms with E-state index in [2.05, 4.69) is 0 Å². The number of hydrogen-bond donors (Lipinski definition) is 10. The quantitative estimate of drug-likeness (QED) is 0.144. The second kappa shape index (κ2) is 11.8. The Bertz CT molecular complexity index is 1520. The average molecular weight is 611 g/mol. The molecular formula is C27H30O16. The lowest BCUT2D eigenvalue weighted by atomic mass is 9.99. The second-order valence-electron chi connectivity index (χ2n) is 10.2. The topological polar surface area (TPSA) is 269 Å². The molecule has 2 aliphatic heterocycles. The van der Waals surface area contributed by atoms with Crippen molar-refractivity contribution in [1.29, 1.82) is 0 Å². The summed E-state index contributed by atoms with van der Waals surface area (Å²) in [4.78, 5) is 13.3. The highest BCUT2D eigenvalue weighted by Gasteiger charge is 2.47. The minimum Gasteiger partial charge on any atom is -0.508 e. The van der Waals surface area contributed by atoms with Crippen LogP contribution in [0.4, 0.5) is 0 Å². The van der Waals surface area contributed by atoms with Crippen LogP contribution in [0.2, 0.25) is 0 Å². The molecule has 0 aliphatic carbocycles. The number of fused-ring (bicyclic) bond motifs is 1. The monoisotopic (exact) mass is 610 g/mol. The Kier molecular flexibility index (Phi) is 8.41. The third-order valence-corrected chi connectivity index (χ3v) is 7.31. The first-order chi connectivity index (χ1) is 20.3. The second-order valence-corrected chi connectivity index (χ2v) is 10.2. The lowest BCUT2D eigenvalue weighted by molar-refractivity contribution is -0.279. The molecule has 0 bridgehead atoms. The molecule has 0 saturated carbocycles. The molecule has 5 rings (SSSR count). The molecule has 0 spiro atoms. The highest BCUT2D eigenvalue weighted by Crippen LogP contribution is 2.45. The number of aliphatic hydroxyl groups excluding tert-OH is 7. The largest absolute Gasteiger partial charge is 0.508 e. The summed E-state index contributed by atoms with van der Waals surface area (Å²) < 4.78 is 28.2. The third kappa shape index (κ3) is 5.44. The average Bonchev–Trinajstić information content (AvgIpc) is 2.98. The Morgan fingerprint density at radius 3 is 2.02 bits per heavy atom. The highest BCUT2D eigenvalue weighted by atomic mass is 16.7. The summed E-state index contributed by atoms with van der Waals surface area (Å²) in [5, 5.41) is 102. The van der Waals surface area contributed by atoms with Gasteiger partial charge in [0.05, 0.1) is 12.7 Å². The predicted octanol–water partition coefficient (Wildman–Crippen LogP) is -2.04. The first-order valence-electron chi connectivity index (χ1n) is 13.0. The molecule has 1 aromatic heterocycles. The Labute approximate surface area is 241 Å². The van der Waals surface area contributed by atoms with E-state index in [0.29, 0.717) is 0 Å². The van der Waals surface area contributed by atoms with E-state index in [1.54, 1.807) is 0 Å². The predicted molar refractivity (Wildman–Crippen MR) is 140 cm³/mol. The van der Waals surface area contributed by atoms with Crippen LogP contribution < -0.4 is 14.9 Å². The molecule has 2 aromatic carbocycles. The molecule has 10 atom stereocenters. The van der Waals surface area contributed by atoms with Crippen molar-refractivity contribution >= 4 is 11.0 Å². The van der Waals surface area contributed by atoms with Gasteiger partial charge in [0.25, 0.3) is 0 Å². The van der Waals surface area contributed by atoms with Crippen LogP contribution in [-0.4, -0.2) is 119 Å². The van der Waals surface area contributed by atoms with Gasteiger partial charge in [0.15, 0.2) is 17.1 Å². The maximum atomic E-state index is 13.3. The van der Waals surface area contributed by atoms with Gasteiger partial charge >= 0.3 is 0 Å². The van der Waals surface area contributed by atoms with Crippen LogP contribution in [0.15, 0.2) is 39.5 Å². The van der Waals surface area contributed by atoms with Crippen LogP contribution in [-0.2, 0) is 9.47 Å². The molecule has 2 aliphatic rings. The number of ether oxygens (including phenoxy) is 4. The summed E-state index contributed by atoms with van der Waals surface area (Å²) in [5.41, 5.74) is -1.65. The maximum Gasteiger partial charge on any atom is 0.238 e. The molecule has 3 aromatic rings. The van der Waals surface area contributed by atoms with Crippen LogP contribution in [0.1, 0.15) is 6.92 Å². The summed E-state index contributed by atoms with van der Waals surface area (Å²) in [7, 11) is 0. The number of aromatic hydroxyl groups is 3. The van der Waals surface area contributed by atoms with Gasteiger partial charge in [-0.1, -0.05) is 0 Å². The first kappa shape index (κ1) is 30.7. The molecule has 16 heteroatoms. The summed E-state index contributed by atoms with van der Waals surface area (Å²) in [6.07, 6.45) is -16.7. The summed E-state index contributed by atoms with van der Waals surface area (Å²) in [5.74, 6) is -3.48. The van der Waals surface area contributed by atoms with Crippen LogP contribution in [0.25, 0.3) is 22.3 Å². The molecular weight excluding hydrogens is 580 g/mol. The van der Waals surface area contributed by atoms with Gasteiger partial charge in [-0.3, -0.25) is 4.79 Å². The normalized spacial score (nSPS) is 32.9. The zero-order chi connectivity index (χ0) is 31.3. The zero-order valence-corrected chi connectivity index (χ0v) is 22.3. The van der Waals surface area contributed by atoms with E-state index in [9.17, 15) is 55.9 Å². The molecule has 2 saturated heterocycles. The highest BCUT2D eigenvalue weighted by molar-refractivity contribution is 5.93. The van der Waals surface area contributed by atoms with Gasteiger partial charge in [-0.05, 0) is 31.2 Å². The van der Waals surface area contributed by atoms with Crippen LogP contribution >= 0.6 is 0 Å². The van der Waals surface area contributed by atoms with E-state index < -0.39 is 113 Å². The number of aliphatic hydroxyl groups is 7. The minimum atomic E-state index is -1.96. The number of phenols is 2. The maximum absolute atomic E-state index is 13.3. The van der Waals surface area contributed by atoms with Gasteiger partial charge in [0, 0.05) is 11.6 Å². The summed E-state index contributed by atoms with van der Waals surface area (Å²) in [6.45, 7) is 0.573. The van der Waals surface area contributed by atoms with Crippen molar-refractivity contribution in [2.24, 2.45) is 0 Å². The van der Waals surface area contributed by atoms with Crippen LogP contribution in [0.5, 0.6) is 28.7 Å². The lowest BCUT2D eigenvalue weighted by Crippen LogP contribution is -2.60. The fraction of sp³-hybridized carbons (Fsp3) is 0.444. The van der Waals surface area contributed by atoms with E-state index in [4.69, 9.17) is 23.4 Å². The van der Waals surface area contributed by atoms with Crippen molar-refractivity contribution in [3.63, 3.8) is 0 Å². The Hall–Kier alpha value is -3.71. The van der Waals surface area contributed by atoms with Gasteiger partial charge in [-0.25, -0.2) is 0 Å². The van der Waals surface area contributed by atoms with Crippen molar-refractivity contribution in [2.45, 2.75) is 68.3 Å². The van der Waals surface area contributed by atoms with E-state index in [1.807, 2.05) is 0 Å². The molecule has 0 amide bonds. The summed E-state index contributed by atoms with van der Waals surface area (Å²) >= 11 is 0. The van der Waals surface area contributed by atoms with Crippen molar-refractivity contribution < 1.29 is 74.4 Å². The molecule has 10 N–H and O–H groups in total. The number of rotatable bonds is 6. The molecule has 234 valence electrons. The van der Waals surface area contributed by atoms with Crippen molar-refractivity contribution in [2.75, 3.05) is 6.61 Å². The summed E-state index contributed by atoms with van der Waals surface area (Å²) in [6, 6.07) is 5.90. The van der Waals surface area contributed by atoms with Crippen molar-refractivity contribution in [3.05, 3.63) is 40.6 Å². The SMILES string of the molecule is C[C@@H]1O[C@H](Oc2cc(O)c3c(=O)c(O)c(-c4ccc(O)cc4)oc3c2O[C@@H]2O[C@H](CO)[C@@H](O)[C@H](O)[C@H]2O)[C@H](O)[C@H](O)[C@H]1O. The Morgan fingerprint density at radius 1 is 0.791 bits per heavy atom. The smallest absolute Gasteiger partial charge is 0.238 e. The standard InChI is InChI=1S/C27H30O16/c1-8-15(31)18(34)21(37)26(39-8)40-12-6-11(30)14-17(33)20(36)23(9-2-4-10(29)5-3-9)42-25(14)24(12)43-27-22(38)19(35)16(32)13(7-28)41-27/h2-6,8,13,15-16,18-19,21-22,26-32,34-38H,7H2,1H3/t8-,13+,15-,16+,18+,19-,21+,22+,26+,27-/m0/s1. The number of hydrogen-bond acceptors (Lipinski definition) is 16. The van der Waals surface area contributed by atoms with Crippen LogP contribution in [0, 0.1) is 0 Å². The fourth-order valence-electron chi connectivity index (χ4n) is 4.82. The Balaban J connectivity index is 1.69. The van der Waals surface area contributed by atoms with Crippen LogP contribution in [0.3, 0.4) is 0 Å². The van der Waals surface area contributed by atoms with E-state index in [1.165, 1.54) is 31.2 Å². The van der Waals surface area contributed by atoms with Gasteiger partial charge in [0.2, 0.25) is 29.5 Å². The van der Waals surface area contributed by atoms with Gasteiger partial charge in [-0.15, -0.1) is 0 Å². The molecule has 0 radical (unpaired) electrons. The minimum absolute atomic E-state index is 0.0934. The van der Waals surface area contributed by atoms with Crippen molar-refractivity contribution in [3.8, 4) is 40.1 Å². The molecule has 2 fully saturated rings. The third-order valence-electron chi connectivity index (χ3n) is 7.31. The molecule has 43 heavy (non-hydrogen) atoms. The van der Waals surface area contributed by atoms with Gasteiger partial charge < -0.3 is 74.4 Å². The van der Waals surface area contributed by atoms with Crippen molar-refractivity contribution in [1.82, 2.24) is 0 Å². The molecule has 0 unspecified atom stereocenters.